The minimum atomic E-state index is -4.49. The van der Waals surface area contributed by atoms with Crippen molar-refractivity contribution in [1.82, 2.24) is 9.88 Å². The van der Waals surface area contributed by atoms with E-state index in [9.17, 15) is 22.4 Å². The van der Waals surface area contributed by atoms with Crippen molar-refractivity contribution >= 4 is 22.8 Å². The Morgan fingerprint density at radius 3 is 2.68 bits per heavy atom. The summed E-state index contributed by atoms with van der Waals surface area (Å²) < 4.78 is 59.7. The van der Waals surface area contributed by atoms with Gasteiger partial charge in [0.15, 0.2) is 5.58 Å². The number of urea groups is 1. The number of amides is 2. The normalized spacial score (nSPS) is 16.2. The van der Waals surface area contributed by atoms with Crippen molar-refractivity contribution < 1.29 is 26.8 Å². The number of aromatic nitrogens is 1. The lowest BCUT2D eigenvalue weighted by molar-refractivity contribution is -0.137. The summed E-state index contributed by atoms with van der Waals surface area (Å²) in [6, 6.07) is 14.8. The molecule has 1 aliphatic heterocycles. The van der Waals surface area contributed by atoms with E-state index in [1.165, 1.54) is 30.3 Å². The minimum Gasteiger partial charge on any atom is -0.438 e. The molecule has 174 valence electrons. The van der Waals surface area contributed by atoms with Gasteiger partial charge in [0.1, 0.15) is 17.4 Å². The highest BCUT2D eigenvalue weighted by atomic mass is 19.4. The zero-order valence-corrected chi connectivity index (χ0v) is 17.8. The van der Waals surface area contributed by atoms with Crippen LogP contribution in [0.15, 0.2) is 71.1 Å². The third kappa shape index (κ3) is 4.21. The average molecular weight is 469 g/mol. The molecule has 1 aliphatic rings. The summed E-state index contributed by atoms with van der Waals surface area (Å²) in [7, 11) is 0. The molecule has 4 aromatic rings. The molecule has 1 atom stereocenters. The van der Waals surface area contributed by atoms with Gasteiger partial charge in [-0.05, 0) is 60.4 Å². The third-order valence-corrected chi connectivity index (χ3v) is 5.82. The first-order valence-corrected chi connectivity index (χ1v) is 10.7. The van der Waals surface area contributed by atoms with E-state index in [4.69, 9.17) is 4.42 Å². The number of likely N-dealkylation sites (tertiary alicyclic amines) is 1. The van der Waals surface area contributed by atoms with Crippen molar-refractivity contribution in [3.63, 3.8) is 0 Å². The molecule has 3 aromatic carbocycles. The highest BCUT2D eigenvalue weighted by Crippen LogP contribution is 2.39. The molecule has 9 heteroatoms. The van der Waals surface area contributed by atoms with Crippen molar-refractivity contribution in [2.24, 2.45) is 0 Å². The molecule has 1 N–H and O–H groups in total. The second-order valence-electron chi connectivity index (χ2n) is 8.07. The number of halogens is 4. The quantitative estimate of drug-likeness (QED) is 0.328. The smallest absolute Gasteiger partial charge is 0.417 e. The van der Waals surface area contributed by atoms with Gasteiger partial charge < -0.3 is 14.6 Å². The van der Waals surface area contributed by atoms with Gasteiger partial charge >= 0.3 is 12.2 Å². The number of rotatable bonds is 3. The van der Waals surface area contributed by atoms with Gasteiger partial charge in [0.05, 0.1) is 5.56 Å². The molecule has 2 heterocycles. The van der Waals surface area contributed by atoms with Gasteiger partial charge in [-0.3, -0.25) is 0 Å². The minimum absolute atomic E-state index is 0.0541. The average Bonchev–Trinajstić information content (AvgIpc) is 3.45. The first-order valence-electron chi connectivity index (χ1n) is 10.7. The van der Waals surface area contributed by atoms with Gasteiger partial charge in [-0.15, -0.1) is 0 Å². The molecule has 5 nitrogen and oxygen atoms in total. The number of carbonyl (C=O) groups is 1. The summed E-state index contributed by atoms with van der Waals surface area (Å²) in [5.41, 5.74) is 0.851. The fraction of sp³-hybridized carbons (Fsp3) is 0.200. The maximum atomic E-state index is 13.5. The number of oxazole rings is 1. The summed E-state index contributed by atoms with van der Waals surface area (Å²) in [6.45, 7) is 0.467. The largest absolute Gasteiger partial charge is 0.438 e. The maximum absolute atomic E-state index is 13.5. The van der Waals surface area contributed by atoms with Crippen LogP contribution in [-0.2, 0) is 6.18 Å². The van der Waals surface area contributed by atoms with Crippen LogP contribution < -0.4 is 5.32 Å². The molecule has 0 spiro atoms. The summed E-state index contributed by atoms with van der Waals surface area (Å²) in [4.78, 5) is 18.9. The second kappa shape index (κ2) is 8.48. The number of nitrogens with one attached hydrogen (secondary N) is 1. The molecule has 0 saturated carbocycles. The fourth-order valence-electron chi connectivity index (χ4n) is 4.27. The number of nitrogens with zero attached hydrogens (tertiary/aromatic N) is 2. The zero-order chi connectivity index (χ0) is 23.9. The van der Waals surface area contributed by atoms with Gasteiger partial charge in [-0.2, -0.15) is 13.2 Å². The number of hydrogen-bond donors (Lipinski definition) is 1. The van der Waals surface area contributed by atoms with E-state index in [2.05, 4.69) is 10.3 Å². The number of alkyl halides is 3. The molecule has 0 bridgehead atoms. The fourth-order valence-corrected chi connectivity index (χ4v) is 4.27. The monoisotopic (exact) mass is 469 g/mol. The van der Waals surface area contributed by atoms with Crippen molar-refractivity contribution in [2.45, 2.75) is 25.1 Å². The van der Waals surface area contributed by atoms with Crippen LogP contribution in [0, 0.1) is 5.82 Å². The lowest BCUT2D eigenvalue weighted by Gasteiger charge is -2.22. The number of hydrogen-bond acceptors (Lipinski definition) is 3. The number of fused-ring (bicyclic) bond motifs is 1. The molecule has 34 heavy (non-hydrogen) atoms. The SMILES string of the molecule is O=C(Nc1cccc(F)c1)N1CCC[C@@H]1c1nc2cc(-c3ccccc3C(F)(F)F)ccc2o1. The first kappa shape index (κ1) is 21.9. The summed E-state index contributed by atoms with van der Waals surface area (Å²) >= 11 is 0. The second-order valence-corrected chi connectivity index (χ2v) is 8.07. The Bertz CT molecular complexity index is 1370. The van der Waals surface area contributed by atoms with Crippen LogP contribution in [0.2, 0.25) is 0 Å². The Hall–Kier alpha value is -3.88. The first-order chi connectivity index (χ1) is 16.3. The lowest BCUT2D eigenvalue weighted by Crippen LogP contribution is -2.34. The zero-order valence-electron chi connectivity index (χ0n) is 17.8. The van der Waals surface area contributed by atoms with Gasteiger partial charge in [0.2, 0.25) is 5.89 Å². The number of anilines is 1. The molecule has 0 radical (unpaired) electrons. The molecule has 1 fully saturated rings. The number of carbonyl (C=O) groups excluding carboxylic acids is 1. The third-order valence-electron chi connectivity index (χ3n) is 5.82. The Morgan fingerprint density at radius 1 is 1.06 bits per heavy atom. The molecular formula is C25H19F4N3O2. The van der Waals surface area contributed by atoms with Crippen LogP contribution >= 0.6 is 0 Å². The number of benzene rings is 3. The van der Waals surface area contributed by atoms with Crippen molar-refractivity contribution in [3.8, 4) is 11.1 Å². The van der Waals surface area contributed by atoms with Crippen molar-refractivity contribution in [3.05, 3.63) is 84.0 Å². The van der Waals surface area contributed by atoms with Gasteiger partial charge in [0, 0.05) is 12.2 Å². The molecule has 0 aliphatic carbocycles. The summed E-state index contributed by atoms with van der Waals surface area (Å²) in [5.74, 6) is -0.152. The predicted molar refractivity (Wildman–Crippen MR) is 119 cm³/mol. The molecule has 0 unspecified atom stereocenters. The Morgan fingerprint density at radius 2 is 1.88 bits per heavy atom. The Labute approximate surface area is 192 Å². The summed E-state index contributed by atoms with van der Waals surface area (Å²) in [6.07, 6.45) is -3.14. The maximum Gasteiger partial charge on any atom is 0.417 e. The molecule has 2 amide bonds. The van der Waals surface area contributed by atoms with E-state index in [1.807, 2.05) is 0 Å². The Kier molecular flexibility index (Phi) is 5.47. The molecule has 5 rings (SSSR count). The summed E-state index contributed by atoms with van der Waals surface area (Å²) in [5, 5.41) is 2.68. The van der Waals surface area contributed by atoms with E-state index in [1.54, 1.807) is 35.2 Å². The van der Waals surface area contributed by atoms with Crippen LogP contribution in [-0.4, -0.2) is 22.5 Å². The highest BCUT2D eigenvalue weighted by molar-refractivity contribution is 5.90. The van der Waals surface area contributed by atoms with E-state index >= 15 is 0 Å². The van der Waals surface area contributed by atoms with Gasteiger partial charge in [0.25, 0.3) is 0 Å². The van der Waals surface area contributed by atoms with E-state index < -0.39 is 29.6 Å². The molecular weight excluding hydrogens is 450 g/mol. The van der Waals surface area contributed by atoms with Crippen LogP contribution in [0.25, 0.3) is 22.2 Å². The van der Waals surface area contributed by atoms with Crippen molar-refractivity contribution in [1.29, 1.82) is 0 Å². The van der Waals surface area contributed by atoms with Gasteiger partial charge in [-0.1, -0.05) is 30.3 Å². The lowest BCUT2D eigenvalue weighted by atomic mass is 9.99. The van der Waals surface area contributed by atoms with Gasteiger partial charge in [-0.25, -0.2) is 14.2 Å². The van der Waals surface area contributed by atoms with E-state index in [0.717, 1.165) is 12.5 Å². The highest BCUT2D eigenvalue weighted by Gasteiger charge is 2.35. The van der Waals surface area contributed by atoms with E-state index in [0.29, 0.717) is 41.2 Å². The standard InChI is InChI=1S/C25H19F4N3O2/c26-16-5-3-6-17(14-16)30-24(33)32-12-4-9-21(32)23-31-20-13-15(10-11-22(20)34-23)18-7-1-2-8-19(18)25(27,28)29/h1-3,5-8,10-11,13-14,21H,4,9,12H2,(H,30,33)/t21-/m1/s1. The van der Waals surface area contributed by atoms with Crippen LogP contribution in [0.1, 0.15) is 30.3 Å². The topological polar surface area (TPSA) is 58.4 Å². The van der Waals surface area contributed by atoms with Crippen LogP contribution in [0.5, 0.6) is 0 Å². The predicted octanol–water partition coefficient (Wildman–Crippen LogP) is 7.02. The Balaban J connectivity index is 1.43. The van der Waals surface area contributed by atoms with Crippen molar-refractivity contribution in [2.75, 3.05) is 11.9 Å². The van der Waals surface area contributed by atoms with Crippen LogP contribution in [0.3, 0.4) is 0 Å². The molecule has 1 saturated heterocycles. The van der Waals surface area contributed by atoms with E-state index in [-0.39, 0.29) is 5.56 Å². The molecule has 1 aromatic heterocycles. The van der Waals surface area contributed by atoms with Crippen LogP contribution in [0.4, 0.5) is 28.0 Å².